The van der Waals surface area contributed by atoms with E-state index in [0.29, 0.717) is 12.2 Å². The van der Waals surface area contributed by atoms with Crippen LogP contribution in [0.25, 0.3) is 10.2 Å². The van der Waals surface area contributed by atoms with E-state index in [2.05, 4.69) is 47.6 Å². The molecule has 3 aromatic rings. The molecule has 0 saturated carbocycles. The van der Waals surface area contributed by atoms with E-state index in [4.69, 9.17) is 0 Å². The van der Waals surface area contributed by atoms with Crippen molar-refractivity contribution in [3.05, 3.63) is 46.0 Å². The summed E-state index contributed by atoms with van der Waals surface area (Å²) in [5.74, 6) is -0.244. The van der Waals surface area contributed by atoms with Gasteiger partial charge in [-0.3, -0.25) is 9.48 Å². The van der Waals surface area contributed by atoms with Gasteiger partial charge < -0.3 is 4.57 Å². The van der Waals surface area contributed by atoms with Gasteiger partial charge in [0.1, 0.15) is 5.69 Å². The first-order valence-corrected chi connectivity index (χ1v) is 8.58. The fourth-order valence-electron chi connectivity index (χ4n) is 2.62. The number of fused-ring (bicyclic) bond motifs is 1. The summed E-state index contributed by atoms with van der Waals surface area (Å²) >= 11 is 1.56. The van der Waals surface area contributed by atoms with Crippen molar-refractivity contribution in [3.8, 4) is 0 Å². The Morgan fingerprint density at radius 2 is 1.96 bits per heavy atom. The largest absolute Gasteiger partial charge is 0.317 e. The Balaban J connectivity index is 2.17. The monoisotopic (exact) mass is 328 g/mol. The number of rotatable bonds is 3. The van der Waals surface area contributed by atoms with Crippen LogP contribution in [-0.4, -0.2) is 20.3 Å². The molecule has 0 aliphatic carbocycles. The number of hydrogen-bond acceptors (Lipinski definition) is 3. The lowest BCUT2D eigenvalue weighted by Gasteiger charge is -2.03. The zero-order chi connectivity index (χ0) is 16.6. The summed E-state index contributed by atoms with van der Waals surface area (Å²) in [6.45, 7) is 9.67. The van der Waals surface area contributed by atoms with E-state index in [9.17, 15) is 4.79 Å². The van der Waals surface area contributed by atoms with E-state index in [-0.39, 0.29) is 5.91 Å². The molecule has 0 radical (unpaired) electrons. The zero-order valence-electron chi connectivity index (χ0n) is 13.8. The molecule has 0 bridgehead atoms. The molecule has 23 heavy (non-hydrogen) atoms. The first-order valence-electron chi connectivity index (χ1n) is 7.76. The highest BCUT2D eigenvalue weighted by atomic mass is 32.1. The van der Waals surface area contributed by atoms with Gasteiger partial charge >= 0.3 is 0 Å². The lowest BCUT2D eigenvalue weighted by Crippen LogP contribution is -2.17. The number of benzene rings is 1. The molecule has 0 saturated heterocycles. The van der Waals surface area contributed by atoms with Crippen molar-refractivity contribution in [2.75, 3.05) is 0 Å². The second-order valence-electron chi connectivity index (χ2n) is 5.48. The normalized spacial score (nSPS) is 12.3. The third-order valence-electron chi connectivity index (χ3n) is 4.05. The Bertz CT molecular complexity index is 945. The van der Waals surface area contributed by atoms with Crippen molar-refractivity contribution in [2.45, 2.75) is 40.8 Å². The molecule has 2 aromatic heterocycles. The van der Waals surface area contributed by atoms with Crippen LogP contribution in [0.4, 0.5) is 0 Å². The van der Waals surface area contributed by atoms with E-state index >= 15 is 0 Å². The van der Waals surface area contributed by atoms with Crippen LogP contribution < -0.4 is 4.80 Å². The van der Waals surface area contributed by atoms with E-state index in [0.717, 1.165) is 21.6 Å². The van der Waals surface area contributed by atoms with Gasteiger partial charge in [0.2, 0.25) is 0 Å². The van der Waals surface area contributed by atoms with Crippen LogP contribution in [0.3, 0.4) is 0 Å². The van der Waals surface area contributed by atoms with Crippen molar-refractivity contribution < 1.29 is 4.79 Å². The fraction of sp³-hybridized carbons (Fsp3) is 0.353. The average molecular weight is 328 g/mol. The topological polar surface area (TPSA) is 52.2 Å². The van der Waals surface area contributed by atoms with Crippen LogP contribution in [0.5, 0.6) is 0 Å². The number of amides is 1. The van der Waals surface area contributed by atoms with Crippen LogP contribution >= 0.6 is 11.3 Å². The van der Waals surface area contributed by atoms with Gasteiger partial charge in [0, 0.05) is 19.3 Å². The van der Waals surface area contributed by atoms with Crippen LogP contribution in [0, 0.1) is 13.8 Å². The number of nitrogens with zero attached hydrogens (tertiary/aromatic N) is 4. The molecule has 0 spiro atoms. The minimum Gasteiger partial charge on any atom is -0.317 e. The lowest BCUT2D eigenvalue weighted by atomic mass is 10.1. The highest BCUT2D eigenvalue weighted by molar-refractivity contribution is 7.16. The standard InChI is InChI=1S/C17H20N4OS/c1-5-20-14-9-11(3)12(4)10-15(14)23-17(20)19-16(22)13-7-8-18-21(13)6-2/h7-10H,5-6H2,1-4H3. The minimum absolute atomic E-state index is 0.244. The highest BCUT2D eigenvalue weighted by Crippen LogP contribution is 2.22. The van der Waals surface area contributed by atoms with Gasteiger partial charge in [0.25, 0.3) is 5.91 Å². The number of carbonyl (C=O) groups is 1. The lowest BCUT2D eigenvalue weighted by molar-refractivity contribution is 0.0987. The molecule has 0 unspecified atom stereocenters. The third-order valence-corrected chi connectivity index (χ3v) is 5.09. The number of aromatic nitrogens is 3. The predicted molar refractivity (Wildman–Crippen MR) is 92.8 cm³/mol. The average Bonchev–Trinajstić information content (AvgIpc) is 3.12. The number of thiazole rings is 1. The molecule has 0 N–H and O–H groups in total. The second-order valence-corrected chi connectivity index (χ2v) is 6.49. The van der Waals surface area contributed by atoms with Crippen LogP contribution in [0.2, 0.25) is 0 Å². The summed E-state index contributed by atoms with van der Waals surface area (Å²) in [5, 5.41) is 4.14. The van der Waals surface area contributed by atoms with Gasteiger partial charge in [-0.1, -0.05) is 11.3 Å². The molecular weight excluding hydrogens is 308 g/mol. The summed E-state index contributed by atoms with van der Waals surface area (Å²) in [7, 11) is 0. The Morgan fingerprint density at radius 3 is 2.65 bits per heavy atom. The van der Waals surface area contributed by atoms with Crippen molar-refractivity contribution in [3.63, 3.8) is 0 Å². The first kappa shape index (κ1) is 15.7. The molecule has 3 rings (SSSR count). The fourth-order valence-corrected chi connectivity index (χ4v) is 3.80. The maximum absolute atomic E-state index is 12.5. The Labute approximate surface area is 138 Å². The molecule has 120 valence electrons. The van der Waals surface area contributed by atoms with Gasteiger partial charge in [-0.15, -0.1) is 0 Å². The van der Waals surface area contributed by atoms with E-state index < -0.39 is 0 Å². The second kappa shape index (κ2) is 6.12. The molecule has 0 aliphatic heterocycles. The van der Waals surface area contributed by atoms with Gasteiger partial charge in [-0.2, -0.15) is 10.1 Å². The smallest absolute Gasteiger partial charge is 0.297 e. The van der Waals surface area contributed by atoms with Crippen molar-refractivity contribution >= 4 is 27.5 Å². The summed E-state index contributed by atoms with van der Waals surface area (Å²) < 4.78 is 4.92. The predicted octanol–water partition coefficient (Wildman–Crippen LogP) is 3.30. The minimum atomic E-state index is -0.244. The molecule has 5 nitrogen and oxygen atoms in total. The SMILES string of the molecule is CCn1nccc1C(=O)N=c1sc2cc(C)c(C)cc2n1CC. The summed E-state index contributed by atoms with van der Waals surface area (Å²) in [5.41, 5.74) is 4.17. The zero-order valence-corrected chi connectivity index (χ0v) is 14.6. The number of aryl methyl sites for hydroxylation is 4. The molecule has 6 heteroatoms. The van der Waals surface area contributed by atoms with Gasteiger partial charge in [-0.25, -0.2) is 0 Å². The van der Waals surface area contributed by atoms with Crippen LogP contribution in [-0.2, 0) is 13.1 Å². The van der Waals surface area contributed by atoms with Crippen LogP contribution in [0.1, 0.15) is 35.5 Å². The van der Waals surface area contributed by atoms with Gasteiger partial charge in [-0.05, 0) is 57.0 Å². The first-order chi connectivity index (χ1) is 11.0. The van der Waals surface area contributed by atoms with Gasteiger partial charge in [0.05, 0.1) is 10.2 Å². The molecule has 0 atom stereocenters. The molecule has 1 aromatic carbocycles. The molecule has 2 heterocycles. The summed E-state index contributed by atoms with van der Waals surface area (Å²) in [6.07, 6.45) is 1.64. The quantitative estimate of drug-likeness (QED) is 0.741. The maximum Gasteiger partial charge on any atom is 0.297 e. The van der Waals surface area contributed by atoms with E-state index in [1.807, 2.05) is 6.92 Å². The maximum atomic E-state index is 12.5. The molecule has 1 amide bonds. The molecule has 0 fully saturated rings. The Hall–Kier alpha value is -2.21. The third kappa shape index (κ3) is 2.74. The number of hydrogen-bond donors (Lipinski definition) is 0. The van der Waals surface area contributed by atoms with Gasteiger partial charge in [0.15, 0.2) is 4.80 Å². The molecular formula is C17H20N4OS. The van der Waals surface area contributed by atoms with Crippen molar-refractivity contribution in [1.29, 1.82) is 0 Å². The van der Waals surface area contributed by atoms with Crippen LogP contribution in [0.15, 0.2) is 29.4 Å². The summed E-state index contributed by atoms with van der Waals surface area (Å²) in [4.78, 5) is 17.6. The number of carbonyl (C=O) groups excluding carboxylic acids is 1. The Kier molecular flexibility index (Phi) is 4.17. The molecule has 0 aliphatic rings. The Morgan fingerprint density at radius 1 is 1.22 bits per heavy atom. The van der Waals surface area contributed by atoms with Crippen molar-refractivity contribution in [2.24, 2.45) is 4.99 Å². The van der Waals surface area contributed by atoms with E-state index in [1.165, 1.54) is 11.1 Å². The van der Waals surface area contributed by atoms with Crippen molar-refractivity contribution in [1.82, 2.24) is 14.3 Å². The summed E-state index contributed by atoms with van der Waals surface area (Å²) in [6, 6.07) is 6.05. The van der Waals surface area contributed by atoms with E-state index in [1.54, 1.807) is 28.3 Å². The highest BCUT2D eigenvalue weighted by Gasteiger charge is 2.12.